The average Bonchev–Trinajstić information content (AvgIpc) is 2.86. The number of rotatable bonds is 10. The lowest BCUT2D eigenvalue weighted by molar-refractivity contribution is 0.115. The van der Waals surface area contributed by atoms with Crippen LogP contribution in [0.1, 0.15) is 35.4 Å². The van der Waals surface area contributed by atoms with Gasteiger partial charge in [-0.25, -0.2) is 8.78 Å². The highest BCUT2D eigenvalue weighted by Gasteiger charge is 2.19. The molecule has 0 aromatic heterocycles. The second kappa shape index (κ2) is 12.5. The van der Waals surface area contributed by atoms with Crippen LogP contribution in [-0.2, 0) is 0 Å². The van der Waals surface area contributed by atoms with E-state index in [-0.39, 0.29) is 17.6 Å². The van der Waals surface area contributed by atoms with Crippen molar-refractivity contribution in [1.82, 2.24) is 9.80 Å². The third-order valence-corrected chi connectivity index (χ3v) is 7.01. The van der Waals surface area contributed by atoms with Crippen LogP contribution < -0.4 is 4.74 Å². The van der Waals surface area contributed by atoms with Gasteiger partial charge in [-0.1, -0.05) is 35.9 Å². The van der Waals surface area contributed by atoms with E-state index in [4.69, 9.17) is 16.3 Å². The molecule has 0 radical (unpaired) electrons. The monoisotopic (exact) mass is 498 g/mol. The van der Waals surface area contributed by atoms with Gasteiger partial charge < -0.3 is 9.64 Å². The first-order chi connectivity index (χ1) is 17.0. The Bertz CT molecular complexity index is 1020. The largest absolute Gasteiger partial charge is 0.492 e. The lowest BCUT2D eigenvalue weighted by atomic mass is 9.87. The molecule has 1 aliphatic rings. The van der Waals surface area contributed by atoms with Crippen LogP contribution in [-0.4, -0.2) is 55.7 Å². The number of halogens is 3. The van der Waals surface area contributed by atoms with Gasteiger partial charge in [0.25, 0.3) is 0 Å². The molecule has 1 heterocycles. The number of aryl methyl sites for hydroxylation is 1. The van der Waals surface area contributed by atoms with E-state index in [0.717, 1.165) is 79.6 Å². The highest BCUT2D eigenvalue weighted by molar-refractivity contribution is 6.30. The predicted octanol–water partition coefficient (Wildman–Crippen LogP) is 6.54. The fourth-order valence-corrected chi connectivity index (χ4v) is 4.96. The van der Waals surface area contributed by atoms with Crippen molar-refractivity contribution in [3.05, 3.63) is 100 Å². The van der Waals surface area contributed by atoms with Crippen LogP contribution in [0.2, 0.25) is 5.02 Å². The molecule has 0 amide bonds. The van der Waals surface area contributed by atoms with Crippen molar-refractivity contribution in [3.8, 4) is 5.75 Å². The van der Waals surface area contributed by atoms with E-state index in [2.05, 4.69) is 9.80 Å². The van der Waals surface area contributed by atoms with E-state index >= 15 is 0 Å². The van der Waals surface area contributed by atoms with Crippen LogP contribution in [0.25, 0.3) is 0 Å². The van der Waals surface area contributed by atoms with Gasteiger partial charge in [-0.05, 0) is 85.5 Å². The van der Waals surface area contributed by atoms with E-state index < -0.39 is 0 Å². The minimum atomic E-state index is -0.238. The summed E-state index contributed by atoms with van der Waals surface area (Å²) in [5, 5.41) is 0.729. The number of benzene rings is 3. The number of hydrogen-bond acceptors (Lipinski definition) is 3. The summed E-state index contributed by atoms with van der Waals surface area (Å²) in [6.45, 7) is 8.75. The summed E-state index contributed by atoms with van der Waals surface area (Å²) in [4.78, 5) is 4.95. The minimum Gasteiger partial charge on any atom is -0.492 e. The molecule has 1 aliphatic heterocycles. The third-order valence-electron chi connectivity index (χ3n) is 6.78. The highest BCUT2D eigenvalue weighted by atomic mass is 35.5. The quantitative estimate of drug-likeness (QED) is 0.316. The smallest absolute Gasteiger partial charge is 0.123 e. The zero-order valence-corrected chi connectivity index (χ0v) is 21.0. The number of nitrogens with zero attached hydrogens (tertiary/aromatic N) is 2. The summed E-state index contributed by atoms with van der Waals surface area (Å²) in [5.41, 5.74) is 3.19. The maximum absolute atomic E-state index is 13.5. The normalized spacial score (nSPS) is 15.0. The van der Waals surface area contributed by atoms with Crippen molar-refractivity contribution in [2.45, 2.75) is 25.7 Å². The van der Waals surface area contributed by atoms with Crippen molar-refractivity contribution < 1.29 is 13.5 Å². The Kier molecular flexibility index (Phi) is 9.13. The summed E-state index contributed by atoms with van der Waals surface area (Å²) < 4.78 is 32.9. The van der Waals surface area contributed by atoms with Crippen molar-refractivity contribution in [2.24, 2.45) is 0 Å². The second-order valence-corrected chi connectivity index (χ2v) is 9.68. The molecular weight excluding hydrogens is 466 g/mol. The zero-order chi connectivity index (χ0) is 24.6. The molecule has 0 spiro atoms. The van der Waals surface area contributed by atoms with Crippen molar-refractivity contribution in [2.75, 3.05) is 45.9 Å². The van der Waals surface area contributed by atoms with Gasteiger partial charge >= 0.3 is 0 Å². The van der Waals surface area contributed by atoms with Crippen molar-refractivity contribution >= 4 is 11.6 Å². The van der Waals surface area contributed by atoms with Gasteiger partial charge in [-0.2, -0.15) is 0 Å². The first kappa shape index (κ1) is 25.6. The molecule has 0 unspecified atom stereocenters. The van der Waals surface area contributed by atoms with E-state index in [9.17, 15) is 8.78 Å². The third kappa shape index (κ3) is 7.50. The Morgan fingerprint density at radius 1 is 0.800 bits per heavy atom. The SMILES string of the molecule is Cc1cc(Cl)ccc1OCCN1CCN(CCCC(c2ccc(F)cc2)c2ccc(F)cc2)CC1. The Labute approximate surface area is 212 Å². The van der Waals surface area contributed by atoms with E-state index in [0.29, 0.717) is 6.61 Å². The van der Waals surface area contributed by atoms with Crippen LogP contribution >= 0.6 is 11.6 Å². The summed E-state index contributed by atoms with van der Waals surface area (Å²) in [5.74, 6) is 0.548. The molecule has 0 bridgehead atoms. The van der Waals surface area contributed by atoms with Crippen molar-refractivity contribution in [3.63, 3.8) is 0 Å². The van der Waals surface area contributed by atoms with E-state index in [1.165, 1.54) is 24.3 Å². The molecule has 35 heavy (non-hydrogen) atoms. The van der Waals surface area contributed by atoms with Crippen LogP contribution in [0.3, 0.4) is 0 Å². The van der Waals surface area contributed by atoms with Crippen molar-refractivity contribution in [1.29, 1.82) is 0 Å². The Morgan fingerprint density at radius 3 is 1.89 bits per heavy atom. The molecule has 3 aromatic rings. The number of hydrogen-bond donors (Lipinski definition) is 0. The summed E-state index contributed by atoms with van der Waals surface area (Å²) >= 11 is 6.02. The summed E-state index contributed by atoms with van der Waals surface area (Å²) in [6, 6.07) is 19.1. The predicted molar refractivity (Wildman–Crippen MR) is 138 cm³/mol. The molecule has 0 N–H and O–H groups in total. The average molecular weight is 499 g/mol. The maximum atomic E-state index is 13.5. The minimum absolute atomic E-state index is 0.131. The Morgan fingerprint density at radius 2 is 1.34 bits per heavy atom. The van der Waals surface area contributed by atoms with Gasteiger partial charge in [0.15, 0.2) is 0 Å². The first-order valence-electron chi connectivity index (χ1n) is 12.3. The molecule has 1 saturated heterocycles. The number of ether oxygens (including phenoxy) is 1. The molecule has 3 nitrogen and oxygen atoms in total. The van der Waals surface area contributed by atoms with E-state index in [1.54, 1.807) is 0 Å². The van der Waals surface area contributed by atoms with Crippen LogP contribution in [0.15, 0.2) is 66.7 Å². The molecule has 0 saturated carbocycles. The van der Waals surface area contributed by atoms with Crippen LogP contribution in [0, 0.1) is 18.6 Å². The van der Waals surface area contributed by atoms with Gasteiger partial charge in [-0.15, -0.1) is 0 Å². The summed E-state index contributed by atoms with van der Waals surface area (Å²) in [6.07, 6.45) is 1.96. The standard InChI is InChI=1S/C29H33ClF2N2O/c1-22-21-25(30)8-13-29(22)35-20-19-34-17-15-33(16-18-34)14-2-3-28(23-4-9-26(31)10-5-23)24-6-11-27(32)12-7-24/h4-13,21,28H,2-3,14-20H2,1H3. The first-order valence-corrected chi connectivity index (χ1v) is 12.7. The number of piperazine rings is 1. The lowest BCUT2D eigenvalue weighted by Crippen LogP contribution is -2.47. The molecule has 6 heteroatoms. The molecular formula is C29H33ClF2N2O. The molecule has 1 fully saturated rings. The van der Waals surface area contributed by atoms with Crippen LogP contribution in [0.5, 0.6) is 5.75 Å². The lowest BCUT2D eigenvalue weighted by Gasteiger charge is -2.34. The molecule has 186 valence electrons. The summed E-state index contributed by atoms with van der Waals surface area (Å²) in [7, 11) is 0. The zero-order valence-electron chi connectivity index (χ0n) is 20.2. The maximum Gasteiger partial charge on any atom is 0.123 e. The highest BCUT2D eigenvalue weighted by Crippen LogP contribution is 2.30. The fourth-order valence-electron chi connectivity index (χ4n) is 4.73. The van der Waals surface area contributed by atoms with Gasteiger partial charge in [0.05, 0.1) is 0 Å². The van der Waals surface area contributed by atoms with Gasteiger partial charge in [-0.3, -0.25) is 4.90 Å². The molecule has 0 atom stereocenters. The Balaban J connectivity index is 1.22. The Hall–Kier alpha value is -2.47. The van der Waals surface area contributed by atoms with E-state index in [1.807, 2.05) is 49.4 Å². The van der Waals surface area contributed by atoms with Crippen LogP contribution in [0.4, 0.5) is 8.78 Å². The second-order valence-electron chi connectivity index (χ2n) is 9.24. The van der Waals surface area contributed by atoms with Gasteiger partial charge in [0.2, 0.25) is 0 Å². The topological polar surface area (TPSA) is 15.7 Å². The molecule has 0 aliphatic carbocycles. The molecule has 4 rings (SSSR count). The van der Waals surface area contributed by atoms with Gasteiger partial charge in [0.1, 0.15) is 24.0 Å². The fraction of sp³-hybridized carbons (Fsp3) is 0.379. The molecule has 3 aromatic carbocycles. The van der Waals surface area contributed by atoms with Gasteiger partial charge in [0, 0.05) is 43.7 Å².